The summed E-state index contributed by atoms with van der Waals surface area (Å²) in [5.41, 5.74) is 8.92. The predicted octanol–water partition coefficient (Wildman–Crippen LogP) is 3.46. The van der Waals surface area contributed by atoms with E-state index in [0.717, 1.165) is 17.0 Å². The Morgan fingerprint density at radius 3 is 2.63 bits per heavy atom. The number of hydrogen-bond donors (Lipinski definition) is 4. The topological polar surface area (TPSA) is 122 Å². The molecule has 4 rings (SSSR count). The van der Waals surface area contributed by atoms with Crippen molar-refractivity contribution in [2.24, 2.45) is 0 Å². The largest absolute Gasteiger partial charge is 0.486 e. The van der Waals surface area contributed by atoms with Gasteiger partial charge in [-0.25, -0.2) is 0 Å². The van der Waals surface area contributed by atoms with Gasteiger partial charge in [-0.15, -0.1) is 0 Å². The molecular weight excluding hydrogens is 446 g/mol. The minimum absolute atomic E-state index is 0.0633. The average molecular weight is 476 g/mol. The lowest BCUT2D eigenvalue weighted by Crippen LogP contribution is -2.28. The first-order chi connectivity index (χ1) is 17.0. The van der Waals surface area contributed by atoms with Crippen molar-refractivity contribution in [3.8, 4) is 11.5 Å². The van der Waals surface area contributed by atoms with Crippen LogP contribution in [-0.4, -0.2) is 47.3 Å². The molecule has 0 bridgehead atoms. The van der Waals surface area contributed by atoms with Gasteiger partial charge in [-0.05, 0) is 42.3 Å². The minimum Gasteiger partial charge on any atom is -0.486 e. The van der Waals surface area contributed by atoms with Crippen LogP contribution in [0.3, 0.4) is 0 Å². The highest BCUT2D eigenvalue weighted by Gasteiger charge is 2.15. The van der Waals surface area contributed by atoms with Crippen molar-refractivity contribution in [2.75, 3.05) is 42.7 Å². The summed E-state index contributed by atoms with van der Waals surface area (Å²) in [5.74, 6) is 1.73. The van der Waals surface area contributed by atoms with Crippen LogP contribution in [0.2, 0.25) is 0 Å². The number of hydrogen-bond acceptors (Lipinski definition) is 8. The molecule has 35 heavy (non-hydrogen) atoms. The number of carbonyl (C=O) groups excluding carboxylic acids is 1. The predicted molar refractivity (Wildman–Crippen MR) is 135 cm³/mol. The SMILES string of the molecule is C=C(Nc1ccc2c(c1)OCCO2)N(CCCO)Cc1ccc(C(=O)Nc2ccccc2N)nc1. The summed E-state index contributed by atoms with van der Waals surface area (Å²) in [6, 6.07) is 16.2. The van der Waals surface area contributed by atoms with Crippen molar-refractivity contribution < 1.29 is 19.4 Å². The van der Waals surface area contributed by atoms with E-state index >= 15 is 0 Å². The number of aliphatic hydroxyl groups is 1. The van der Waals surface area contributed by atoms with Crippen LogP contribution in [0, 0.1) is 0 Å². The summed E-state index contributed by atoms with van der Waals surface area (Å²) < 4.78 is 11.2. The van der Waals surface area contributed by atoms with Gasteiger partial charge >= 0.3 is 0 Å². The molecule has 3 aromatic rings. The summed E-state index contributed by atoms with van der Waals surface area (Å²) in [4.78, 5) is 18.9. The Labute approximate surface area is 204 Å². The van der Waals surface area contributed by atoms with E-state index in [1.165, 1.54) is 0 Å². The zero-order chi connectivity index (χ0) is 24.6. The van der Waals surface area contributed by atoms with Gasteiger partial charge in [0.15, 0.2) is 11.5 Å². The molecule has 9 nitrogen and oxygen atoms in total. The fraction of sp³-hybridized carbons (Fsp3) is 0.231. The third-order valence-electron chi connectivity index (χ3n) is 5.44. The molecule has 1 amide bonds. The van der Waals surface area contributed by atoms with Crippen LogP contribution < -0.4 is 25.8 Å². The number of aliphatic hydroxyl groups excluding tert-OH is 1. The molecule has 9 heteroatoms. The van der Waals surface area contributed by atoms with Crippen LogP contribution in [0.5, 0.6) is 11.5 Å². The molecule has 0 radical (unpaired) electrons. The van der Waals surface area contributed by atoms with Gasteiger partial charge in [0.1, 0.15) is 18.9 Å². The molecule has 1 aliphatic rings. The van der Waals surface area contributed by atoms with E-state index in [9.17, 15) is 9.90 Å². The van der Waals surface area contributed by atoms with E-state index in [4.69, 9.17) is 15.2 Å². The van der Waals surface area contributed by atoms with Crippen LogP contribution >= 0.6 is 0 Å². The maximum absolute atomic E-state index is 12.5. The molecule has 2 heterocycles. The van der Waals surface area contributed by atoms with Crippen LogP contribution in [0.25, 0.3) is 0 Å². The second-order valence-electron chi connectivity index (χ2n) is 8.02. The Balaban J connectivity index is 1.41. The van der Waals surface area contributed by atoms with Gasteiger partial charge in [-0.2, -0.15) is 0 Å². The number of ether oxygens (including phenoxy) is 2. The number of nitrogen functional groups attached to an aromatic ring is 1. The van der Waals surface area contributed by atoms with Crippen molar-refractivity contribution in [1.29, 1.82) is 0 Å². The van der Waals surface area contributed by atoms with Crippen LogP contribution in [0.4, 0.5) is 17.1 Å². The molecule has 0 saturated heterocycles. The number of nitrogens with zero attached hydrogens (tertiary/aromatic N) is 2. The van der Waals surface area contributed by atoms with Gasteiger partial charge in [0.25, 0.3) is 5.91 Å². The molecule has 0 saturated carbocycles. The van der Waals surface area contributed by atoms with Crippen LogP contribution in [0.15, 0.2) is 73.2 Å². The van der Waals surface area contributed by atoms with Gasteiger partial charge in [-0.3, -0.25) is 9.78 Å². The molecule has 1 aliphatic heterocycles. The number of carbonyl (C=O) groups is 1. The lowest BCUT2D eigenvalue weighted by Gasteiger charge is -2.28. The molecule has 2 aromatic carbocycles. The third kappa shape index (κ3) is 6.21. The van der Waals surface area contributed by atoms with Crippen molar-refractivity contribution >= 4 is 23.0 Å². The average Bonchev–Trinajstić information content (AvgIpc) is 2.88. The Bertz CT molecular complexity index is 1180. The number of aromatic nitrogens is 1. The Morgan fingerprint density at radius 1 is 1.09 bits per heavy atom. The zero-order valence-corrected chi connectivity index (χ0v) is 19.4. The van der Waals surface area contributed by atoms with E-state index < -0.39 is 0 Å². The number of pyridine rings is 1. The monoisotopic (exact) mass is 475 g/mol. The Hall–Kier alpha value is -4.24. The fourth-order valence-electron chi connectivity index (χ4n) is 3.61. The van der Waals surface area contributed by atoms with Gasteiger partial charge in [0, 0.05) is 37.6 Å². The molecule has 1 aromatic heterocycles. The molecule has 0 atom stereocenters. The molecule has 0 unspecified atom stereocenters. The fourth-order valence-corrected chi connectivity index (χ4v) is 3.61. The number of nitrogens with one attached hydrogen (secondary N) is 2. The van der Waals surface area contributed by atoms with Gasteiger partial charge in [0.05, 0.1) is 17.2 Å². The maximum atomic E-state index is 12.5. The van der Waals surface area contributed by atoms with E-state index in [0.29, 0.717) is 55.7 Å². The third-order valence-corrected chi connectivity index (χ3v) is 5.44. The summed E-state index contributed by atoms with van der Waals surface area (Å²) >= 11 is 0. The molecular formula is C26H29N5O4. The number of para-hydroxylation sites is 2. The second kappa shape index (κ2) is 11.3. The molecule has 5 N–H and O–H groups in total. The summed E-state index contributed by atoms with van der Waals surface area (Å²) in [6.07, 6.45) is 2.24. The van der Waals surface area contributed by atoms with E-state index in [-0.39, 0.29) is 18.2 Å². The van der Waals surface area contributed by atoms with Crippen LogP contribution in [0.1, 0.15) is 22.5 Å². The van der Waals surface area contributed by atoms with Gasteiger partial charge < -0.3 is 35.8 Å². The Morgan fingerprint density at radius 2 is 1.89 bits per heavy atom. The summed E-state index contributed by atoms with van der Waals surface area (Å²) in [7, 11) is 0. The highest BCUT2D eigenvalue weighted by Crippen LogP contribution is 2.33. The highest BCUT2D eigenvalue weighted by molar-refractivity contribution is 6.04. The first-order valence-corrected chi connectivity index (χ1v) is 11.4. The number of nitrogens with two attached hydrogens (primary N) is 1. The molecule has 0 aliphatic carbocycles. The number of amides is 1. The van der Waals surface area contributed by atoms with E-state index in [2.05, 4.69) is 22.2 Å². The zero-order valence-electron chi connectivity index (χ0n) is 19.4. The summed E-state index contributed by atoms with van der Waals surface area (Å²) in [6.45, 7) is 6.37. The van der Waals surface area contributed by atoms with Gasteiger partial charge in [-0.1, -0.05) is 24.8 Å². The number of fused-ring (bicyclic) bond motifs is 1. The van der Waals surface area contributed by atoms with E-state index in [1.54, 1.807) is 36.5 Å². The second-order valence-corrected chi connectivity index (χ2v) is 8.02. The van der Waals surface area contributed by atoms with Crippen molar-refractivity contribution in [1.82, 2.24) is 9.88 Å². The van der Waals surface area contributed by atoms with Crippen molar-refractivity contribution in [3.63, 3.8) is 0 Å². The van der Waals surface area contributed by atoms with Gasteiger partial charge in [0.2, 0.25) is 0 Å². The summed E-state index contributed by atoms with van der Waals surface area (Å²) in [5, 5.41) is 15.4. The number of benzene rings is 2. The van der Waals surface area contributed by atoms with Crippen LogP contribution in [-0.2, 0) is 6.54 Å². The smallest absolute Gasteiger partial charge is 0.274 e. The number of anilines is 3. The van der Waals surface area contributed by atoms with E-state index in [1.807, 2.05) is 29.2 Å². The molecule has 182 valence electrons. The maximum Gasteiger partial charge on any atom is 0.274 e. The highest BCUT2D eigenvalue weighted by atomic mass is 16.6. The minimum atomic E-state index is -0.337. The van der Waals surface area contributed by atoms with Crippen molar-refractivity contribution in [3.05, 3.63) is 84.5 Å². The molecule has 0 spiro atoms. The lowest BCUT2D eigenvalue weighted by molar-refractivity contribution is 0.102. The Kier molecular flexibility index (Phi) is 7.69. The number of rotatable bonds is 10. The first kappa shape index (κ1) is 23.9. The molecule has 0 fully saturated rings. The first-order valence-electron chi connectivity index (χ1n) is 11.4. The lowest BCUT2D eigenvalue weighted by atomic mass is 10.2. The standard InChI is InChI=1S/C26H29N5O4/c1-18(29-20-8-10-24-25(15-20)35-14-13-34-24)31(11-4-12-32)17-19-7-9-23(28-16-19)26(33)30-22-6-3-2-5-21(22)27/h2-3,5-10,15-16,29,32H,1,4,11-14,17,27H2,(H,30,33). The quantitative estimate of drug-likeness (QED) is 0.329. The van der Waals surface area contributed by atoms with Crippen molar-refractivity contribution in [2.45, 2.75) is 13.0 Å². The normalized spacial score (nSPS) is 12.0.